The van der Waals surface area contributed by atoms with Crippen molar-refractivity contribution in [3.8, 4) is 28.1 Å². The van der Waals surface area contributed by atoms with Crippen molar-refractivity contribution in [1.29, 1.82) is 0 Å². The maximum Gasteiger partial charge on any atom is 0.416 e. The number of aromatic nitrogens is 2. The lowest BCUT2D eigenvalue weighted by Crippen LogP contribution is -2.04. The summed E-state index contributed by atoms with van der Waals surface area (Å²) in [5.41, 5.74) is 3.21. The van der Waals surface area contributed by atoms with Gasteiger partial charge >= 0.3 is 12.1 Å². The Bertz CT molecular complexity index is 1410. The molecule has 0 aliphatic carbocycles. The maximum absolute atomic E-state index is 13.1. The average molecular weight is 521 g/mol. The van der Waals surface area contributed by atoms with Crippen LogP contribution in [0.4, 0.5) is 13.2 Å². The Kier molecular flexibility index (Phi) is 8.31. The lowest BCUT2D eigenvalue weighted by Gasteiger charge is -2.07. The largest absolute Gasteiger partial charge is 0.494 e. The fourth-order valence-electron chi connectivity index (χ4n) is 3.92. The number of nitrogens with zero attached hydrogens (tertiary/aromatic N) is 2. The minimum absolute atomic E-state index is 0.0796. The molecule has 1 N–H and O–H groups in total. The minimum Gasteiger partial charge on any atom is -0.494 e. The number of alkyl halides is 3. The predicted molar refractivity (Wildman–Crippen MR) is 142 cm³/mol. The number of carboxylic acids is 1. The molecule has 3 aromatic carbocycles. The van der Waals surface area contributed by atoms with Gasteiger partial charge < -0.3 is 14.4 Å². The second kappa shape index (κ2) is 11.8. The molecule has 4 aromatic rings. The summed E-state index contributed by atoms with van der Waals surface area (Å²) in [6.45, 7) is 2.93. The molecule has 0 saturated heterocycles. The van der Waals surface area contributed by atoms with Gasteiger partial charge in [0.15, 0.2) is 0 Å². The number of hydrogen-bond donors (Lipinski definition) is 1. The molecule has 1 aromatic heterocycles. The Labute approximate surface area is 218 Å². The first-order chi connectivity index (χ1) is 18.2. The van der Waals surface area contributed by atoms with Crippen LogP contribution in [0.5, 0.6) is 5.75 Å². The highest BCUT2D eigenvalue weighted by Gasteiger charge is 2.30. The smallest absolute Gasteiger partial charge is 0.416 e. The fraction of sp³-hybridized carbons (Fsp3) is 0.200. The van der Waals surface area contributed by atoms with Gasteiger partial charge in [-0.2, -0.15) is 13.2 Å². The number of rotatable bonds is 10. The topological polar surface area (TPSA) is 64.4 Å². The molecule has 4 rings (SSSR count). The molecule has 0 spiro atoms. The van der Waals surface area contributed by atoms with Crippen LogP contribution in [0.25, 0.3) is 34.5 Å². The first-order valence-electron chi connectivity index (χ1n) is 12.2. The summed E-state index contributed by atoms with van der Waals surface area (Å²) in [7, 11) is 0. The predicted octanol–water partition coefficient (Wildman–Crippen LogP) is 7.67. The third-order valence-corrected chi connectivity index (χ3v) is 5.96. The zero-order valence-electron chi connectivity index (χ0n) is 20.8. The van der Waals surface area contributed by atoms with Crippen LogP contribution in [0.2, 0.25) is 0 Å². The quantitative estimate of drug-likeness (QED) is 0.218. The summed E-state index contributed by atoms with van der Waals surface area (Å²) >= 11 is 0. The van der Waals surface area contributed by atoms with Crippen molar-refractivity contribution in [1.82, 2.24) is 9.55 Å². The summed E-state index contributed by atoms with van der Waals surface area (Å²) in [5, 5.41) is 8.69. The fourth-order valence-corrected chi connectivity index (χ4v) is 3.92. The zero-order chi connectivity index (χ0) is 27.1. The molecule has 1 heterocycles. The van der Waals surface area contributed by atoms with Crippen LogP contribution in [0.3, 0.4) is 0 Å². The van der Waals surface area contributed by atoms with Crippen molar-refractivity contribution in [2.45, 2.75) is 32.5 Å². The molecule has 0 saturated carbocycles. The maximum atomic E-state index is 13.1. The van der Waals surface area contributed by atoms with E-state index in [-0.39, 0.29) is 6.42 Å². The Hall–Kier alpha value is -4.33. The molecular weight excluding hydrogens is 493 g/mol. The standard InChI is InChI=1S/C30H27F3N2O3/c1-2-35-20-27(24-5-3-6-25(19-24)30(31,32)33)34-28(35)17-10-21-8-11-22(12-9-21)23-13-15-26(16-14-23)38-18-4-7-29(36)37/h3,5-6,8-17,19-20H,2,4,7,18H2,1H3,(H,36,37). The summed E-state index contributed by atoms with van der Waals surface area (Å²) in [4.78, 5) is 15.1. The molecule has 0 unspecified atom stereocenters. The third kappa shape index (κ3) is 6.91. The van der Waals surface area contributed by atoms with E-state index in [0.717, 1.165) is 28.8 Å². The number of imidazole rings is 1. The molecule has 0 radical (unpaired) electrons. The van der Waals surface area contributed by atoms with Gasteiger partial charge in [-0.1, -0.05) is 54.6 Å². The lowest BCUT2D eigenvalue weighted by atomic mass is 10.0. The van der Waals surface area contributed by atoms with Crippen LogP contribution in [0, 0.1) is 0 Å². The monoisotopic (exact) mass is 520 g/mol. The van der Waals surface area contributed by atoms with Gasteiger partial charge in [0.05, 0.1) is 17.9 Å². The Morgan fingerprint density at radius 1 is 0.974 bits per heavy atom. The molecule has 8 heteroatoms. The number of benzene rings is 3. The molecule has 5 nitrogen and oxygen atoms in total. The van der Waals surface area contributed by atoms with E-state index in [4.69, 9.17) is 9.84 Å². The Morgan fingerprint density at radius 2 is 1.66 bits per heavy atom. The SMILES string of the molecule is CCn1cc(-c2cccc(C(F)(F)F)c2)nc1C=Cc1ccc(-c2ccc(OCCCC(=O)O)cc2)cc1. The molecule has 0 bridgehead atoms. The van der Waals surface area contributed by atoms with Crippen LogP contribution in [0.15, 0.2) is 79.0 Å². The number of hydrogen-bond acceptors (Lipinski definition) is 3. The van der Waals surface area contributed by atoms with E-state index in [9.17, 15) is 18.0 Å². The van der Waals surface area contributed by atoms with E-state index in [2.05, 4.69) is 4.98 Å². The molecule has 0 atom stereocenters. The van der Waals surface area contributed by atoms with Crippen LogP contribution >= 0.6 is 0 Å². The number of carbonyl (C=O) groups is 1. The molecule has 38 heavy (non-hydrogen) atoms. The second-order valence-corrected chi connectivity index (χ2v) is 8.67. The van der Waals surface area contributed by atoms with Gasteiger partial charge in [-0.3, -0.25) is 4.79 Å². The number of aryl methyl sites for hydroxylation is 1. The van der Waals surface area contributed by atoms with E-state index in [1.165, 1.54) is 6.07 Å². The first-order valence-corrected chi connectivity index (χ1v) is 12.2. The van der Waals surface area contributed by atoms with E-state index in [1.54, 1.807) is 12.3 Å². The molecular formula is C30H27F3N2O3. The van der Waals surface area contributed by atoms with E-state index >= 15 is 0 Å². The van der Waals surface area contributed by atoms with Crippen molar-refractivity contribution in [3.63, 3.8) is 0 Å². The van der Waals surface area contributed by atoms with Gasteiger partial charge in [-0.05, 0) is 60.4 Å². The highest BCUT2D eigenvalue weighted by molar-refractivity contribution is 5.72. The minimum atomic E-state index is -4.41. The van der Waals surface area contributed by atoms with Gasteiger partial charge in [-0.15, -0.1) is 0 Å². The number of ether oxygens (including phenoxy) is 1. The highest BCUT2D eigenvalue weighted by Crippen LogP contribution is 2.32. The van der Waals surface area contributed by atoms with Crippen LogP contribution in [-0.4, -0.2) is 27.2 Å². The van der Waals surface area contributed by atoms with Gasteiger partial charge in [0.25, 0.3) is 0 Å². The van der Waals surface area contributed by atoms with E-state index in [1.807, 2.05) is 72.2 Å². The van der Waals surface area contributed by atoms with Crippen molar-refractivity contribution in [3.05, 3.63) is 95.9 Å². The van der Waals surface area contributed by atoms with Gasteiger partial charge in [0, 0.05) is 24.7 Å². The highest BCUT2D eigenvalue weighted by atomic mass is 19.4. The summed E-state index contributed by atoms with van der Waals surface area (Å²) in [6.07, 6.45) is 1.66. The second-order valence-electron chi connectivity index (χ2n) is 8.67. The van der Waals surface area contributed by atoms with Crippen molar-refractivity contribution in [2.75, 3.05) is 6.61 Å². The number of carboxylic acid groups (broad SMARTS) is 1. The van der Waals surface area contributed by atoms with Gasteiger partial charge in [0.2, 0.25) is 0 Å². The van der Waals surface area contributed by atoms with Crippen LogP contribution in [0.1, 0.15) is 36.7 Å². The zero-order valence-corrected chi connectivity index (χ0v) is 20.8. The molecule has 0 fully saturated rings. The number of halogens is 3. The van der Waals surface area contributed by atoms with Crippen molar-refractivity contribution < 1.29 is 27.8 Å². The van der Waals surface area contributed by atoms with Crippen LogP contribution in [-0.2, 0) is 17.5 Å². The third-order valence-electron chi connectivity index (χ3n) is 5.96. The molecule has 0 aliphatic rings. The lowest BCUT2D eigenvalue weighted by molar-refractivity contribution is -0.138. The first kappa shape index (κ1) is 26.7. The molecule has 0 amide bonds. The van der Waals surface area contributed by atoms with E-state index < -0.39 is 17.7 Å². The Balaban J connectivity index is 1.43. The molecule has 0 aliphatic heterocycles. The number of aliphatic carboxylic acids is 1. The Morgan fingerprint density at radius 3 is 2.29 bits per heavy atom. The van der Waals surface area contributed by atoms with Crippen LogP contribution < -0.4 is 4.74 Å². The average Bonchev–Trinajstić information content (AvgIpc) is 3.33. The summed E-state index contributed by atoms with van der Waals surface area (Å²) in [6, 6.07) is 20.8. The van der Waals surface area contributed by atoms with Crippen molar-refractivity contribution >= 4 is 18.1 Å². The summed E-state index contributed by atoms with van der Waals surface area (Å²) in [5.74, 6) is 0.510. The summed E-state index contributed by atoms with van der Waals surface area (Å²) < 4.78 is 46.8. The van der Waals surface area contributed by atoms with E-state index in [0.29, 0.717) is 42.4 Å². The van der Waals surface area contributed by atoms with Gasteiger partial charge in [-0.25, -0.2) is 4.98 Å². The van der Waals surface area contributed by atoms with Crippen molar-refractivity contribution in [2.24, 2.45) is 0 Å². The molecule has 196 valence electrons. The van der Waals surface area contributed by atoms with Gasteiger partial charge in [0.1, 0.15) is 11.6 Å². The normalized spacial score (nSPS) is 11.7.